The number of ether oxygens (including phenoxy) is 4. The number of benzene rings is 2. The van der Waals surface area contributed by atoms with Crippen LogP contribution in [0.15, 0.2) is 35.3 Å². The number of ketones is 2. The van der Waals surface area contributed by atoms with E-state index >= 15 is 0 Å². The van der Waals surface area contributed by atoms with Crippen molar-refractivity contribution in [3.63, 3.8) is 0 Å². The van der Waals surface area contributed by atoms with Crippen molar-refractivity contribution >= 4 is 28.7 Å². The maximum absolute atomic E-state index is 12.5. The molecule has 0 unspecified atom stereocenters. The van der Waals surface area contributed by atoms with Crippen molar-refractivity contribution in [3.8, 4) is 23.0 Å². The molecule has 150 valence electrons. The first-order valence-electron chi connectivity index (χ1n) is 9.07. The summed E-state index contributed by atoms with van der Waals surface area (Å²) in [5, 5.41) is 0. The lowest BCUT2D eigenvalue weighted by atomic mass is 9.92. The van der Waals surface area contributed by atoms with Crippen LogP contribution in [-0.2, 0) is 9.59 Å². The minimum absolute atomic E-state index is 0.0850. The average molecular weight is 396 g/mol. The number of methoxy groups -OCH3 is 2. The van der Waals surface area contributed by atoms with E-state index in [0.717, 1.165) is 0 Å². The summed E-state index contributed by atoms with van der Waals surface area (Å²) in [5.41, 5.74) is 7.84. The smallest absolute Gasteiger partial charge is 0.231 e. The second-order valence-electron chi connectivity index (χ2n) is 6.69. The zero-order valence-corrected chi connectivity index (χ0v) is 16.1. The molecule has 2 aromatic rings. The molecule has 1 aliphatic carbocycles. The topological polar surface area (TPSA) is 109 Å². The third-order valence-corrected chi connectivity index (χ3v) is 4.97. The van der Waals surface area contributed by atoms with Crippen LogP contribution in [0.5, 0.6) is 23.0 Å². The number of anilines is 1. The number of hydrogen-bond donors (Lipinski definition) is 1. The number of Topliss-reactive ketones (excluding diaryl/α,β-unsaturated/α-hetero) is 2. The Balaban J connectivity index is 1.87. The van der Waals surface area contributed by atoms with E-state index in [0.29, 0.717) is 45.6 Å². The maximum atomic E-state index is 12.5. The zero-order chi connectivity index (χ0) is 20.5. The van der Waals surface area contributed by atoms with Crippen molar-refractivity contribution in [1.29, 1.82) is 0 Å². The van der Waals surface area contributed by atoms with Crippen molar-refractivity contribution in [1.82, 2.24) is 0 Å². The van der Waals surface area contributed by atoms with Crippen molar-refractivity contribution in [2.45, 2.75) is 12.8 Å². The van der Waals surface area contributed by atoms with Crippen molar-refractivity contribution in [3.05, 3.63) is 35.9 Å². The van der Waals surface area contributed by atoms with Gasteiger partial charge in [0.25, 0.3) is 0 Å². The van der Waals surface area contributed by atoms with Crippen LogP contribution in [0.25, 0.3) is 0 Å². The monoisotopic (exact) mass is 396 g/mol. The minimum atomic E-state index is -0.967. The molecular formula is C21H20N2O6. The van der Waals surface area contributed by atoms with Gasteiger partial charge >= 0.3 is 0 Å². The number of carbonyl (C=O) groups is 2. The van der Waals surface area contributed by atoms with E-state index in [-0.39, 0.29) is 31.2 Å². The van der Waals surface area contributed by atoms with E-state index in [1.54, 1.807) is 30.3 Å². The Kier molecular flexibility index (Phi) is 4.84. The molecule has 8 heteroatoms. The fourth-order valence-corrected chi connectivity index (χ4v) is 3.51. The van der Waals surface area contributed by atoms with Gasteiger partial charge in [-0.2, -0.15) is 0 Å². The molecule has 4 rings (SSSR count). The van der Waals surface area contributed by atoms with Gasteiger partial charge in [-0.15, -0.1) is 0 Å². The second-order valence-corrected chi connectivity index (χ2v) is 6.69. The number of nitrogens with zero attached hydrogens (tertiary/aromatic N) is 1. The number of fused-ring (bicyclic) bond motifs is 1. The molecule has 29 heavy (non-hydrogen) atoms. The fourth-order valence-electron chi connectivity index (χ4n) is 3.51. The molecule has 8 nitrogen and oxygen atoms in total. The third-order valence-electron chi connectivity index (χ3n) is 4.97. The Morgan fingerprint density at radius 1 is 1.00 bits per heavy atom. The van der Waals surface area contributed by atoms with Crippen LogP contribution >= 0.6 is 0 Å². The lowest BCUT2D eigenvalue weighted by molar-refractivity contribution is -0.124. The van der Waals surface area contributed by atoms with Gasteiger partial charge < -0.3 is 24.7 Å². The molecule has 1 saturated carbocycles. The highest BCUT2D eigenvalue weighted by atomic mass is 16.7. The molecule has 0 saturated heterocycles. The summed E-state index contributed by atoms with van der Waals surface area (Å²) >= 11 is 0. The third kappa shape index (κ3) is 3.37. The predicted octanol–water partition coefficient (Wildman–Crippen LogP) is 2.68. The van der Waals surface area contributed by atoms with Crippen LogP contribution in [0, 0.1) is 5.92 Å². The van der Waals surface area contributed by atoms with Crippen LogP contribution in [0.2, 0.25) is 0 Å². The largest absolute Gasteiger partial charge is 0.493 e. The van der Waals surface area contributed by atoms with Crippen LogP contribution in [0.4, 0.5) is 11.4 Å². The number of nitrogens with two attached hydrogens (primary N) is 1. The van der Waals surface area contributed by atoms with Gasteiger partial charge in [-0.1, -0.05) is 0 Å². The second kappa shape index (κ2) is 7.46. The van der Waals surface area contributed by atoms with Crippen molar-refractivity contribution in [2.24, 2.45) is 10.9 Å². The Morgan fingerprint density at radius 3 is 2.31 bits per heavy atom. The van der Waals surface area contributed by atoms with Crippen LogP contribution in [0.1, 0.15) is 18.4 Å². The number of nitrogen functional groups attached to an aromatic ring is 1. The summed E-state index contributed by atoms with van der Waals surface area (Å²) in [5.74, 6) is 0.718. The summed E-state index contributed by atoms with van der Waals surface area (Å²) in [6, 6.07) is 8.37. The molecule has 0 atom stereocenters. The normalized spacial score (nSPS) is 16.4. The van der Waals surface area contributed by atoms with Crippen LogP contribution in [0.3, 0.4) is 0 Å². The van der Waals surface area contributed by atoms with Crippen LogP contribution < -0.4 is 24.7 Å². The van der Waals surface area contributed by atoms with E-state index in [2.05, 4.69) is 4.99 Å². The molecule has 1 fully saturated rings. The van der Waals surface area contributed by atoms with Crippen molar-refractivity contribution in [2.75, 3.05) is 26.7 Å². The average Bonchev–Trinajstić information content (AvgIpc) is 3.31. The first-order valence-corrected chi connectivity index (χ1v) is 9.07. The highest BCUT2D eigenvalue weighted by Crippen LogP contribution is 2.39. The molecule has 2 N–H and O–H groups in total. The Bertz CT molecular complexity index is 1010. The Hall–Kier alpha value is -3.55. The highest BCUT2D eigenvalue weighted by molar-refractivity contribution is 6.30. The molecule has 0 amide bonds. The maximum Gasteiger partial charge on any atom is 0.231 e. The number of aliphatic imine (C=N–C) groups is 1. The SMILES string of the molecule is COc1ccc(N=C(c2cc3c(cc2N)OCO3)C2C(=O)CCC2=O)cc1OC. The Morgan fingerprint density at radius 2 is 1.66 bits per heavy atom. The van der Waals surface area contributed by atoms with Gasteiger partial charge in [0.15, 0.2) is 23.0 Å². The lowest BCUT2D eigenvalue weighted by Crippen LogP contribution is -2.26. The van der Waals surface area contributed by atoms with Crippen LogP contribution in [-0.4, -0.2) is 38.3 Å². The van der Waals surface area contributed by atoms with E-state index < -0.39 is 5.92 Å². The summed E-state index contributed by atoms with van der Waals surface area (Å²) in [6.45, 7) is 0.0850. The van der Waals surface area contributed by atoms with Gasteiger partial charge in [-0.3, -0.25) is 14.6 Å². The van der Waals surface area contributed by atoms with E-state index in [9.17, 15) is 9.59 Å². The molecule has 1 aliphatic heterocycles. The van der Waals surface area contributed by atoms with Crippen molar-refractivity contribution < 1.29 is 28.5 Å². The number of hydrogen-bond acceptors (Lipinski definition) is 8. The molecule has 2 aliphatic rings. The predicted molar refractivity (Wildman–Crippen MR) is 105 cm³/mol. The summed E-state index contributed by atoms with van der Waals surface area (Å²) in [4.78, 5) is 29.7. The standard InChI is InChI=1S/C21H20N2O6/c1-26-16-6-3-11(7-17(16)27-2)23-21(20-14(24)4-5-15(20)25)12-8-18-19(9-13(12)22)29-10-28-18/h3,6-9,20H,4-5,10,22H2,1-2H3. The molecule has 0 bridgehead atoms. The van der Waals surface area contributed by atoms with E-state index in [1.165, 1.54) is 14.2 Å². The van der Waals surface area contributed by atoms with Gasteiger partial charge in [-0.25, -0.2) is 0 Å². The molecule has 0 aromatic heterocycles. The Labute approximate surface area is 167 Å². The molecule has 2 aromatic carbocycles. The van der Waals surface area contributed by atoms with E-state index in [1.807, 2.05) is 0 Å². The van der Waals surface area contributed by atoms with E-state index in [4.69, 9.17) is 24.7 Å². The summed E-state index contributed by atoms with van der Waals surface area (Å²) in [6.07, 6.45) is 0.387. The highest BCUT2D eigenvalue weighted by Gasteiger charge is 2.38. The van der Waals surface area contributed by atoms with Gasteiger partial charge in [-0.05, 0) is 18.2 Å². The first kappa shape index (κ1) is 18.8. The minimum Gasteiger partial charge on any atom is -0.493 e. The molecular weight excluding hydrogens is 376 g/mol. The van der Waals surface area contributed by atoms with Gasteiger partial charge in [0.05, 0.1) is 25.6 Å². The fraction of sp³-hybridized carbons (Fsp3) is 0.286. The molecule has 0 radical (unpaired) electrons. The number of carbonyl (C=O) groups excluding carboxylic acids is 2. The summed E-state index contributed by atoms with van der Waals surface area (Å²) < 4.78 is 21.4. The molecule has 0 spiro atoms. The zero-order valence-electron chi connectivity index (χ0n) is 16.1. The molecule has 1 heterocycles. The van der Waals surface area contributed by atoms with Gasteiger partial charge in [0.1, 0.15) is 17.5 Å². The summed E-state index contributed by atoms with van der Waals surface area (Å²) in [7, 11) is 3.06. The number of rotatable bonds is 5. The lowest BCUT2D eigenvalue weighted by Gasteiger charge is -2.15. The van der Waals surface area contributed by atoms with Gasteiger partial charge in [0, 0.05) is 36.2 Å². The quantitative estimate of drug-likeness (QED) is 0.470. The first-order chi connectivity index (χ1) is 14.0. The van der Waals surface area contributed by atoms with Gasteiger partial charge in [0.2, 0.25) is 6.79 Å².